The van der Waals surface area contributed by atoms with Crippen LogP contribution in [-0.4, -0.2) is 16.6 Å². The Morgan fingerprint density at radius 1 is 1.27 bits per heavy atom. The van der Waals surface area contributed by atoms with E-state index in [4.69, 9.17) is 5.73 Å². The van der Waals surface area contributed by atoms with Crippen molar-refractivity contribution < 1.29 is 4.79 Å². The molecule has 0 spiro atoms. The molecule has 0 aliphatic heterocycles. The third-order valence-corrected chi connectivity index (χ3v) is 4.06. The van der Waals surface area contributed by atoms with E-state index in [0.29, 0.717) is 23.4 Å². The van der Waals surface area contributed by atoms with Crippen molar-refractivity contribution in [2.45, 2.75) is 33.9 Å². The molecule has 0 fully saturated rings. The molecule has 0 atom stereocenters. The average molecular weight is 352 g/mol. The van der Waals surface area contributed by atoms with Gasteiger partial charge in [0.1, 0.15) is 0 Å². The molecule has 2 aromatic rings. The number of carbonyl (C=O) groups is 1. The lowest BCUT2D eigenvalue weighted by Crippen LogP contribution is -2.31. The Bertz CT molecular complexity index is 896. The molecule has 4 N–H and O–H groups in total. The summed E-state index contributed by atoms with van der Waals surface area (Å²) in [7, 11) is 0. The van der Waals surface area contributed by atoms with Crippen LogP contribution in [0.2, 0.25) is 0 Å². The molecule has 0 aliphatic rings. The van der Waals surface area contributed by atoms with Crippen molar-refractivity contribution >= 4 is 11.6 Å². The molecule has 1 heterocycles. The number of aliphatic imine (C=N–C) groups is 1. The van der Waals surface area contributed by atoms with E-state index in [0.717, 1.165) is 16.8 Å². The molecular formula is C20H24N4O2. The first-order valence-electron chi connectivity index (χ1n) is 8.37. The largest absolute Gasteiger partial charge is 0.404 e. The summed E-state index contributed by atoms with van der Waals surface area (Å²) < 4.78 is 0. The third-order valence-electron chi connectivity index (χ3n) is 4.06. The van der Waals surface area contributed by atoms with Gasteiger partial charge in [-0.3, -0.25) is 14.6 Å². The van der Waals surface area contributed by atoms with Gasteiger partial charge in [-0.1, -0.05) is 30.3 Å². The average Bonchev–Trinajstić information content (AvgIpc) is 2.60. The number of amides is 1. The fourth-order valence-corrected chi connectivity index (χ4v) is 2.60. The maximum Gasteiger partial charge on any atom is 0.254 e. The van der Waals surface area contributed by atoms with Crippen LogP contribution >= 0.6 is 0 Å². The van der Waals surface area contributed by atoms with Crippen molar-refractivity contribution in [2.24, 2.45) is 10.7 Å². The fraction of sp³-hybridized carbons (Fsp3) is 0.250. The summed E-state index contributed by atoms with van der Waals surface area (Å²) in [5, 5.41) is 2.74. The monoisotopic (exact) mass is 352 g/mol. The van der Waals surface area contributed by atoms with Crippen molar-refractivity contribution in [3.05, 3.63) is 80.9 Å². The highest BCUT2D eigenvalue weighted by molar-refractivity contribution is 6.20. The number of hydrogen-bond acceptors (Lipinski definition) is 4. The predicted molar refractivity (Wildman–Crippen MR) is 104 cm³/mol. The second-order valence-electron chi connectivity index (χ2n) is 6.09. The van der Waals surface area contributed by atoms with Gasteiger partial charge in [0.05, 0.1) is 12.1 Å². The number of hydrogen-bond donors (Lipinski definition) is 3. The van der Waals surface area contributed by atoms with E-state index < -0.39 is 0 Å². The molecule has 1 aromatic carbocycles. The van der Waals surface area contributed by atoms with E-state index in [9.17, 15) is 9.59 Å². The molecule has 0 saturated heterocycles. The number of nitrogens with zero attached hydrogens (tertiary/aromatic N) is 1. The summed E-state index contributed by atoms with van der Waals surface area (Å²) in [5.74, 6) is -0.360. The Hall–Kier alpha value is -3.15. The zero-order valence-electron chi connectivity index (χ0n) is 15.3. The number of aromatic amines is 1. The van der Waals surface area contributed by atoms with E-state index in [1.807, 2.05) is 50.2 Å². The summed E-state index contributed by atoms with van der Waals surface area (Å²) in [6.45, 7) is 6.00. The molecule has 0 aliphatic carbocycles. The topological polar surface area (TPSA) is 100 Å². The molecule has 6 nitrogen and oxygen atoms in total. The number of rotatable bonds is 6. The second kappa shape index (κ2) is 8.80. The summed E-state index contributed by atoms with van der Waals surface area (Å²) in [5.41, 5.74) is 9.45. The lowest BCUT2D eigenvalue weighted by molar-refractivity contribution is -0.117. The van der Waals surface area contributed by atoms with Crippen LogP contribution in [0, 0.1) is 13.8 Å². The second-order valence-corrected chi connectivity index (χ2v) is 6.09. The van der Waals surface area contributed by atoms with Crippen LogP contribution in [0.5, 0.6) is 0 Å². The van der Waals surface area contributed by atoms with Crippen LogP contribution in [0.3, 0.4) is 0 Å². The first-order valence-corrected chi connectivity index (χ1v) is 8.37. The van der Waals surface area contributed by atoms with Crippen LogP contribution in [0.25, 0.3) is 0 Å². The Labute approximate surface area is 152 Å². The maximum absolute atomic E-state index is 12.4. The number of pyridine rings is 1. The zero-order valence-corrected chi connectivity index (χ0v) is 15.3. The number of aryl methyl sites for hydroxylation is 2. The Balaban J connectivity index is 2.06. The van der Waals surface area contributed by atoms with Crippen molar-refractivity contribution in [1.29, 1.82) is 0 Å². The van der Waals surface area contributed by atoms with Crippen LogP contribution in [-0.2, 0) is 17.9 Å². The molecular weight excluding hydrogens is 328 g/mol. The molecule has 2 rings (SSSR count). The minimum absolute atomic E-state index is 0.129. The summed E-state index contributed by atoms with van der Waals surface area (Å²) >= 11 is 0. The summed E-state index contributed by atoms with van der Waals surface area (Å²) in [6.07, 6.45) is 1.24. The van der Waals surface area contributed by atoms with Gasteiger partial charge in [-0.15, -0.1) is 0 Å². The molecule has 26 heavy (non-hydrogen) atoms. The highest BCUT2D eigenvalue weighted by Crippen LogP contribution is 2.06. The fourth-order valence-electron chi connectivity index (χ4n) is 2.60. The first-order chi connectivity index (χ1) is 12.4. The minimum Gasteiger partial charge on any atom is -0.404 e. The van der Waals surface area contributed by atoms with Gasteiger partial charge < -0.3 is 16.0 Å². The van der Waals surface area contributed by atoms with Crippen LogP contribution in [0.4, 0.5) is 0 Å². The van der Waals surface area contributed by atoms with Crippen molar-refractivity contribution in [3.8, 4) is 0 Å². The van der Waals surface area contributed by atoms with Gasteiger partial charge in [-0.2, -0.15) is 0 Å². The highest BCUT2D eigenvalue weighted by Gasteiger charge is 2.14. The molecule has 136 valence electrons. The van der Waals surface area contributed by atoms with Crippen LogP contribution in [0.15, 0.2) is 58.0 Å². The van der Waals surface area contributed by atoms with Gasteiger partial charge in [0.25, 0.3) is 11.5 Å². The van der Waals surface area contributed by atoms with E-state index >= 15 is 0 Å². The molecule has 0 radical (unpaired) electrons. The maximum atomic E-state index is 12.4. The predicted octanol–water partition coefficient (Wildman–Crippen LogP) is 2.11. The Morgan fingerprint density at radius 3 is 2.58 bits per heavy atom. The van der Waals surface area contributed by atoms with Crippen molar-refractivity contribution in [2.75, 3.05) is 0 Å². The number of carbonyl (C=O) groups excluding carboxylic acids is 1. The highest BCUT2D eigenvalue weighted by atomic mass is 16.2. The first kappa shape index (κ1) is 19.2. The van der Waals surface area contributed by atoms with E-state index in [1.165, 1.54) is 6.20 Å². The van der Waals surface area contributed by atoms with Crippen LogP contribution < -0.4 is 16.6 Å². The molecule has 0 bridgehead atoms. The normalized spacial score (nSPS) is 12.1. The van der Waals surface area contributed by atoms with Gasteiger partial charge in [-0.05, 0) is 38.0 Å². The third kappa shape index (κ3) is 4.92. The lowest BCUT2D eigenvalue weighted by Gasteiger charge is -2.10. The number of nitrogens with two attached hydrogens (primary N) is 1. The number of nitrogens with one attached hydrogen (secondary N) is 2. The van der Waals surface area contributed by atoms with Gasteiger partial charge >= 0.3 is 0 Å². The van der Waals surface area contributed by atoms with E-state index in [-0.39, 0.29) is 18.0 Å². The summed E-state index contributed by atoms with van der Waals surface area (Å²) in [6, 6.07) is 11.6. The minimum atomic E-state index is -0.360. The standard InChI is InChI=1S/C20H24N4O2/c1-13-9-14(2)24-20(26)18(13)12-23-19(25)17(10-21)15(3)22-11-16-7-5-4-6-8-16/h4-10H,11-12,21H2,1-3H3,(H,23,25)(H,24,26). The van der Waals surface area contributed by atoms with Crippen molar-refractivity contribution in [3.63, 3.8) is 0 Å². The van der Waals surface area contributed by atoms with E-state index in [2.05, 4.69) is 15.3 Å². The number of H-pyrrole nitrogens is 1. The molecule has 1 aromatic heterocycles. The molecule has 1 amide bonds. The van der Waals surface area contributed by atoms with Gasteiger partial charge in [0.15, 0.2) is 0 Å². The molecule has 6 heteroatoms. The Kier molecular flexibility index (Phi) is 6.49. The van der Waals surface area contributed by atoms with Gasteiger partial charge in [0.2, 0.25) is 0 Å². The van der Waals surface area contributed by atoms with E-state index in [1.54, 1.807) is 6.92 Å². The van der Waals surface area contributed by atoms with Gasteiger partial charge in [0, 0.05) is 29.7 Å². The zero-order chi connectivity index (χ0) is 19.1. The number of aromatic nitrogens is 1. The van der Waals surface area contributed by atoms with Gasteiger partial charge in [-0.25, -0.2) is 0 Å². The molecule has 0 saturated carbocycles. The lowest BCUT2D eigenvalue weighted by atomic mass is 10.1. The smallest absolute Gasteiger partial charge is 0.254 e. The molecule has 0 unspecified atom stereocenters. The van der Waals surface area contributed by atoms with Crippen LogP contribution in [0.1, 0.15) is 29.3 Å². The SMILES string of the molecule is CC(=NCc1ccccc1)C(=CN)C(=O)NCc1c(C)cc(C)[nH]c1=O. The summed E-state index contributed by atoms with van der Waals surface area (Å²) in [4.78, 5) is 31.6. The number of benzene rings is 1. The Morgan fingerprint density at radius 2 is 1.96 bits per heavy atom. The van der Waals surface area contributed by atoms with Crippen molar-refractivity contribution in [1.82, 2.24) is 10.3 Å². The quantitative estimate of drug-likeness (QED) is 0.548.